The largest absolute Gasteiger partial charge is 0.469 e. The number of benzene rings is 2. The van der Waals surface area contributed by atoms with Gasteiger partial charge >= 0.3 is 11.9 Å². The molecule has 0 N–H and O–H groups in total. The van der Waals surface area contributed by atoms with Gasteiger partial charge in [-0.25, -0.2) is 0 Å². The Hall–Kier alpha value is -2.92. The van der Waals surface area contributed by atoms with Crippen molar-refractivity contribution in [2.45, 2.75) is 19.4 Å². The molecule has 0 saturated carbocycles. The average molecular weight is 395 g/mol. The van der Waals surface area contributed by atoms with Crippen LogP contribution in [-0.4, -0.2) is 32.5 Å². The van der Waals surface area contributed by atoms with E-state index in [1.807, 2.05) is 79.0 Å². The maximum absolute atomic E-state index is 12.2. The lowest BCUT2D eigenvalue weighted by Crippen LogP contribution is -2.42. The minimum Gasteiger partial charge on any atom is -0.469 e. The fourth-order valence-corrected chi connectivity index (χ4v) is 4.41. The van der Waals surface area contributed by atoms with E-state index in [9.17, 15) is 9.59 Å². The van der Waals surface area contributed by atoms with Gasteiger partial charge in [-0.2, -0.15) is 0 Å². The van der Waals surface area contributed by atoms with E-state index in [0.717, 1.165) is 11.1 Å². The molecular formula is C23H26O4Si. The number of carbonyl (C=O) groups is 2. The highest BCUT2D eigenvalue weighted by atomic mass is 28.3. The smallest absolute Gasteiger partial charge is 0.309 e. The first kappa shape index (κ1) is 21.4. The van der Waals surface area contributed by atoms with Crippen LogP contribution in [0.1, 0.15) is 11.1 Å². The molecule has 0 atom stereocenters. The second kappa shape index (κ2) is 11.0. The summed E-state index contributed by atoms with van der Waals surface area (Å²) in [6, 6.07) is 18.9. The Morgan fingerprint density at radius 1 is 0.857 bits per heavy atom. The van der Waals surface area contributed by atoms with Gasteiger partial charge in [-0.1, -0.05) is 91.6 Å². The minimum absolute atomic E-state index is 0.226. The van der Waals surface area contributed by atoms with Crippen molar-refractivity contribution in [3.63, 3.8) is 0 Å². The van der Waals surface area contributed by atoms with Gasteiger partial charge in [0.2, 0.25) is 0 Å². The maximum Gasteiger partial charge on any atom is 0.309 e. The quantitative estimate of drug-likeness (QED) is 0.347. The summed E-state index contributed by atoms with van der Waals surface area (Å²) in [5, 5.41) is 0. The minimum atomic E-state index is -2.27. The fraction of sp³-hybridized carbons (Fsp3) is 0.217. The molecule has 2 rings (SSSR count). The van der Waals surface area contributed by atoms with Crippen molar-refractivity contribution in [2.24, 2.45) is 0 Å². The van der Waals surface area contributed by atoms with Crippen molar-refractivity contribution in [1.29, 1.82) is 0 Å². The number of ether oxygens (including phenoxy) is 2. The standard InChI is InChI=1S/C23H26O4Si/c1-3-4-15-28(2,18-26-22(24)16-20-11-7-5-8-12-20)19-27-23(25)17-21-13-9-6-10-14-21/h3-15H,1,16-19H2,2H3/b15-4+. The van der Waals surface area contributed by atoms with E-state index in [4.69, 9.17) is 9.47 Å². The Labute approximate surface area is 167 Å². The number of carbonyl (C=O) groups excluding carboxylic acids is 2. The molecule has 0 spiro atoms. The van der Waals surface area contributed by atoms with Gasteiger partial charge in [-0.3, -0.25) is 9.59 Å². The average Bonchev–Trinajstić information content (AvgIpc) is 2.71. The first-order valence-corrected chi connectivity index (χ1v) is 12.2. The van der Waals surface area contributed by atoms with E-state index in [-0.39, 0.29) is 37.2 Å². The van der Waals surface area contributed by atoms with E-state index >= 15 is 0 Å². The van der Waals surface area contributed by atoms with Gasteiger partial charge in [0.15, 0.2) is 8.07 Å². The summed E-state index contributed by atoms with van der Waals surface area (Å²) >= 11 is 0. The second-order valence-electron chi connectivity index (χ2n) is 6.89. The molecule has 0 heterocycles. The summed E-state index contributed by atoms with van der Waals surface area (Å²) in [6.07, 6.45) is 4.45. The lowest BCUT2D eigenvalue weighted by atomic mass is 10.2. The van der Waals surface area contributed by atoms with Crippen molar-refractivity contribution < 1.29 is 19.1 Å². The van der Waals surface area contributed by atoms with Gasteiger partial charge in [0, 0.05) is 0 Å². The molecule has 28 heavy (non-hydrogen) atoms. The van der Waals surface area contributed by atoms with Crippen LogP contribution in [-0.2, 0) is 31.9 Å². The highest BCUT2D eigenvalue weighted by molar-refractivity contribution is 6.83. The van der Waals surface area contributed by atoms with Crippen molar-refractivity contribution in [3.05, 3.63) is 96.2 Å². The van der Waals surface area contributed by atoms with E-state index in [1.165, 1.54) is 0 Å². The van der Waals surface area contributed by atoms with Crippen molar-refractivity contribution >= 4 is 20.0 Å². The lowest BCUT2D eigenvalue weighted by molar-refractivity contribution is -0.141. The lowest BCUT2D eigenvalue weighted by Gasteiger charge is -2.23. The summed E-state index contributed by atoms with van der Waals surface area (Å²) in [5.74, 6) is -0.569. The Morgan fingerprint density at radius 2 is 1.29 bits per heavy atom. The van der Waals surface area contributed by atoms with E-state index in [2.05, 4.69) is 6.58 Å². The van der Waals surface area contributed by atoms with Gasteiger partial charge in [0.05, 0.1) is 25.3 Å². The monoisotopic (exact) mass is 394 g/mol. The van der Waals surface area contributed by atoms with Crippen LogP contribution in [0.5, 0.6) is 0 Å². The molecular weight excluding hydrogens is 368 g/mol. The number of esters is 2. The molecule has 0 aliphatic heterocycles. The maximum atomic E-state index is 12.2. The molecule has 2 aromatic rings. The van der Waals surface area contributed by atoms with Crippen LogP contribution in [0, 0.1) is 0 Å². The van der Waals surface area contributed by atoms with Gasteiger partial charge < -0.3 is 9.47 Å². The second-order valence-corrected chi connectivity index (χ2v) is 11.1. The van der Waals surface area contributed by atoms with Crippen molar-refractivity contribution in [1.82, 2.24) is 0 Å². The molecule has 0 bridgehead atoms. The van der Waals surface area contributed by atoms with Crippen LogP contribution in [0.4, 0.5) is 0 Å². The van der Waals surface area contributed by atoms with Crippen molar-refractivity contribution in [2.75, 3.05) is 12.5 Å². The van der Waals surface area contributed by atoms with Gasteiger partial charge in [-0.15, -0.1) is 0 Å². The summed E-state index contributed by atoms with van der Waals surface area (Å²) < 4.78 is 11.0. The van der Waals surface area contributed by atoms with E-state index < -0.39 is 8.07 Å². The summed E-state index contributed by atoms with van der Waals surface area (Å²) in [4.78, 5) is 24.3. The molecule has 0 amide bonds. The van der Waals surface area contributed by atoms with Crippen molar-refractivity contribution in [3.8, 4) is 0 Å². The van der Waals surface area contributed by atoms with Crippen LogP contribution in [0.3, 0.4) is 0 Å². The highest BCUT2D eigenvalue weighted by Crippen LogP contribution is 2.10. The van der Waals surface area contributed by atoms with Gasteiger partial charge in [-0.05, 0) is 11.1 Å². The zero-order chi connectivity index (χ0) is 20.2. The highest BCUT2D eigenvalue weighted by Gasteiger charge is 2.29. The van der Waals surface area contributed by atoms with Crippen LogP contribution < -0.4 is 0 Å². The molecule has 0 aliphatic carbocycles. The van der Waals surface area contributed by atoms with Crippen LogP contribution in [0.15, 0.2) is 85.1 Å². The molecule has 2 aromatic carbocycles. The van der Waals surface area contributed by atoms with Crippen LogP contribution >= 0.6 is 0 Å². The molecule has 0 fully saturated rings. The predicted octanol–water partition coefficient (Wildman–Crippen LogP) is 4.00. The number of rotatable bonds is 10. The topological polar surface area (TPSA) is 52.6 Å². The molecule has 5 heteroatoms. The third kappa shape index (κ3) is 7.76. The summed E-state index contributed by atoms with van der Waals surface area (Å²) in [6.45, 7) is 5.70. The number of hydrogen-bond donors (Lipinski definition) is 0. The Morgan fingerprint density at radius 3 is 1.68 bits per heavy atom. The van der Waals surface area contributed by atoms with E-state index in [0.29, 0.717) is 0 Å². The Kier molecular flexibility index (Phi) is 8.43. The number of hydrogen-bond acceptors (Lipinski definition) is 4. The van der Waals surface area contributed by atoms with Crippen LogP contribution in [0.2, 0.25) is 6.55 Å². The summed E-state index contributed by atoms with van der Waals surface area (Å²) in [5.41, 5.74) is 3.80. The first-order valence-electron chi connectivity index (χ1n) is 9.20. The molecule has 0 aromatic heterocycles. The predicted molar refractivity (Wildman–Crippen MR) is 113 cm³/mol. The fourth-order valence-electron chi connectivity index (χ4n) is 2.56. The SMILES string of the molecule is C=C/C=C/[Si](C)(COC(=O)Cc1ccccc1)COC(=O)Cc1ccccc1. The summed E-state index contributed by atoms with van der Waals surface area (Å²) in [7, 11) is -2.27. The number of allylic oxidation sites excluding steroid dienone is 2. The molecule has 4 nitrogen and oxygen atoms in total. The van der Waals surface area contributed by atoms with Gasteiger partial charge in [0.1, 0.15) is 0 Å². The first-order chi connectivity index (χ1) is 13.5. The molecule has 0 saturated heterocycles. The van der Waals surface area contributed by atoms with Gasteiger partial charge in [0.25, 0.3) is 0 Å². The molecule has 0 unspecified atom stereocenters. The Balaban J connectivity index is 1.89. The zero-order valence-electron chi connectivity index (χ0n) is 16.2. The zero-order valence-corrected chi connectivity index (χ0v) is 17.2. The molecule has 0 aliphatic rings. The molecule has 0 radical (unpaired) electrons. The normalized spacial score (nSPS) is 11.2. The molecule has 146 valence electrons. The Bertz CT molecular complexity index is 742. The van der Waals surface area contributed by atoms with E-state index in [1.54, 1.807) is 6.08 Å². The third-order valence-electron chi connectivity index (χ3n) is 4.14. The van der Waals surface area contributed by atoms with Crippen LogP contribution in [0.25, 0.3) is 0 Å². The third-order valence-corrected chi connectivity index (χ3v) is 6.75.